The maximum atomic E-state index is 12.3. The Hall–Kier alpha value is -2.88. The first-order valence-electron chi connectivity index (χ1n) is 8.92. The molecule has 1 aromatic carbocycles. The van der Waals surface area contributed by atoms with Gasteiger partial charge in [-0.15, -0.1) is 13.2 Å². The molecule has 1 N–H and O–H groups in total. The Balaban J connectivity index is 1.60. The molecule has 2 aromatic rings. The Bertz CT molecular complexity index is 858. The quantitative estimate of drug-likeness (QED) is 0.765. The van der Waals surface area contributed by atoms with Crippen molar-refractivity contribution in [1.82, 2.24) is 9.97 Å². The van der Waals surface area contributed by atoms with E-state index >= 15 is 0 Å². The van der Waals surface area contributed by atoms with Crippen molar-refractivity contribution in [2.24, 2.45) is 0 Å². The molecule has 156 valence electrons. The molecule has 1 aliphatic heterocycles. The fourth-order valence-electron chi connectivity index (χ4n) is 3.12. The van der Waals surface area contributed by atoms with E-state index in [-0.39, 0.29) is 36.1 Å². The minimum absolute atomic E-state index is 0.126. The van der Waals surface area contributed by atoms with Crippen molar-refractivity contribution in [3.05, 3.63) is 47.4 Å². The lowest BCUT2D eigenvalue weighted by atomic mass is 9.98. The van der Waals surface area contributed by atoms with Crippen molar-refractivity contribution in [2.45, 2.75) is 44.8 Å². The van der Waals surface area contributed by atoms with Crippen molar-refractivity contribution in [3.8, 4) is 11.6 Å². The molecule has 2 unspecified atom stereocenters. The van der Waals surface area contributed by atoms with Crippen LogP contribution in [-0.4, -0.2) is 40.1 Å². The third kappa shape index (κ3) is 5.57. The number of benzene rings is 1. The zero-order valence-corrected chi connectivity index (χ0v) is 15.5. The highest BCUT2D eigenvalue weighted by molar-refractivity contribution is 5.87. The first kappa shape index (κ1) is 20.8. The molecule has 29 heavy (non-hydrogen) atoms. The van der Waals surface area contributed by atoms with Crippen molar-refractivity contribution in [3.63, 3.8) is 0 Å². The average Bonchev–Trinajstić information content (AvgIpc) is 2.66. The highest BCUT2D eigenvalue weighted by atomic mass is 19.4. The Morgan fingerprint density at radius 1 is 1.24 bits per heavy atom. The number of carboxylic acids is 1. The Kier molecular flexibility index (Phi) is 6.21. The molecule has 3 rings (SSSR count). The molecule has 10 heteroatoms. The van der Waals surface area contributed by atoms with Crippen LogP contribution in [0, 0.1) is 6.92 Å². The molecule has 1 aromatic heterocycles. The number of nitrogens with zero attached hydrogens (tertiary/aromatic N) is 2. The number of hydrogen-bond donors (Lipinski definition) is 1. The number of alkyl halides is 3. The number of ether oxygens (including phenoxy) is 3. The van der Waals surface area contributed by atoms with Crippen LogP contribution in [0.25, 0.3) is 0 Å². The summed E-state index contributed by atoms with van der Waals surface area (Å²) in [5.74, 6) is -1.27. The summed E-state index contributed by atoms with van der Waals surface area (Å²) in [5, 5.41) is 9.11. The first-order valence-corrected chi connectivity index (χ1v) is 8.92. The van der Waals surface area contributed by atoms with E-state index in [9.17, 15) is 18.0 Å². The predicted octanol–water partition coefficient (Wildman–Crippen LogP) is 4.07. The van der Waals surface area contributed by atoms with Gasteiger partial charge in [0.1, 0.15) is 18.7 Å². The van der Waals surface area contributed by atoms with Crippen LogP contribution in [0.2, 0.25) is 0 Å². The molecule has 2 heterocycles. The van der Waals surface area contributed by atoms with Gasteiger partial charge in [0.05, 0.1) is 12.2 Å². The van der Waals surface area contributed by atoms with Gasteiger partial charge in [-0.05, 0) is 43.9 Å². The lowest BCUT2D eigenvalue weighted by Gasteiger charge is -2.30. The Morgan fingerprint density at radius 3 is 2.62 bits per heavy atom. The summed E-state index contributed by atoms with van der Waals surface area (Å²) in [6.45, 7) is 1.73. The van der Waals surface area contributed by atoms with Crippen LogP contribution in [0.3, 0.4) is 0 Å². The molecule has 0 bridgehead atoms. The predicted molar refractivity (Wildman–Crippen MR) is 93.8 cm³/mol. The summed E-state index contributed by atoms with van der Waals surface area (Å²) < 4.78 is 52.3. The van der Waals surface area contributed by atoms with Crippen LogP contribution >= 0.6 is 0 Å². The van der Waals surface area contributed by atoms with E-state index in [0.717, 1.165) is 31.2 Å². The van der Waals surface area contributed by atoms with Crippen molar-refractivity contribution >= 4 is 5.97 Å². The Labute approximate surface area is 164 Å². The smallest absolute Gasteiger partial charge is 0.476 e. The van der Waals surface area contributed by atoms with Crippen LogP contribution in [0.1, 0.15) is 47.0 Å². The molecule has 0 spiro atoms. The normalized spacial score (nSPS) is 19.6. The van der Waals surface area contributed by atoms with Gasteiger partial charge in [-0.25, -0.2) is 14.8 Å². The van der Waals surface area contributed by atoms with Crippen LogP contribution < -0.4 is 9.47 Å². The zero-order valence-electron chi connectivity index (χ0n) is 15.5. The van der Waals surface area contributed by atoms with Gasteiger partial charge >= 0.3 is 12.3 Å². The summed E-state index contributed by atoms with van der Waals surface area (Å²) in [4.78, 5) is 18.8. The van der Waals surface area contributed by atoms with Crippen LogP contribution in [0.5, 0.6) is 11.6 Å². The molecule has 7 nitrogen and oxygen atoms in total. The second-order valence-electron chi connectivity index (χ2n) is 6.56. The zero-order chi connectivity index (χ0) is 21.0. The van der Waals surface area contributed by atoms with Gasteiger partial charge < -0.3 is 19.3 Å². The molecule has 2 atom stereocenters. The minimum atomic E-state index is -4.73. The summed E-state index contributed by atoms with van der Waals surface area (Å²) in [7, 11) is 0. The van der Waals surface area contributed by atoms with E-state index in [2.05, 4.69) is 14.7 Å². The summed E-state index contributed by atoms with van der Waals surface area (Å²) >= 11 is 0. The second-order valence-corrected chi connectivity index (χ2v) is 6.56. The third-order valence-corrected chi connectivity index (χ3v) is 4.48. The SMILES string of the molecule is Cc1c(OCC2CCCC(c3ccc(OC(F)(F)F)cc3)O2)ncnc1C(=O)O. The third-order valence-electron chi connectivity index (χ3n) is 4.48. The lowest BCUT2D eigenvalue weighted by molar-refractivity contribution is -0.274. The number of aromatic carboxylic acids is 1. The highest BCUT2D eigenvalue weighted by Crippen LogP contribution is 2.33. The number of hydrogen-bond acceptors (Lipinski definition) is 6. The van der Waals surface area contributed by atoms with Crippen molar-refractivity contribution < 1.29 is 37.3 Å². The number of carbonyl (C=O) groups is 1. The average molecular weight is 412 g/mol. The molecule has 1 aliphatic rings. The van der Waals surface area contributed by atoms with E-state index in [0.29, 0.717) is 5.56 Å². The molecule has 0 radical (unpaired) electrons. The van der Waals surface area contributed by atoms with Crippen molar-refractivity contribution in [2.75, 3.05) is 6.61 Å². The van der Waals surface area contributed by atoms with Gasteiger partial charge in [0.2, 0.25) is 5.88 Å². The molecule has 1 fully saturated rings. The molecule has 0 amide bonds. The monoisotopic (exact) mass is 412 g/mol. The standard InChI is InChI=1S/C19H19F3N2O5/c1-11-16(18(25)26)23-10-24-17(11)27-9-14-3-2-4-15(28-14)12-5-7-13(8-6-12)29-19(20,21)22/h5-8,10,14-15H,2-4,9H2,1H3,(H,25,26). The topological polar surface area (TPSA) is 90.8 Å². The van der Waals surface area contributed by atoms with Crippen LogP contribution in [0.15, 0.2) is 30.6 Å². The van der Waals surface area contributed by atoms with E-state index in [1.165, 1.54) is 12.1 Å². The first-order chi connectivity index (χ1) is 13.7. The van der Waals surface area contributed by atoms with Gasteiger partial charge in [-0.2, -0.15) is 0 Å². The highest BCUT2D eigenvalue weighted by Gasteiger charge is 2.31. The molecular formula is C19H19F3N2O5. The van der Waals surface area contributed by atoms with Gasteiger partial charge in [0, 0.05) is 5.56 Å². The number of carboxylic acid groups (broad SMARTS) is 1. The molecule has 1 saturated heterocycles. The van der Waals surface area contributed by atoms with Gasteiger partial charge in [-0.3, -0.25) is 0 Å². The summed E-state index contributed by atoms with van der Waals surface area (Å²) in [6.07, 6.45) is -1.83. The molecule has 0 aliphatic carbocycles. The summed E-state index contributed by atoms with van der Waals surface area (Å²) in [6, 6.07) is 5.60. The van der Waals surface area contributed by atoms with E-state index in [1.54, 1.807) is 19.1 Å². The number of aromatic nitrogens is 2. The van der Waals surface area contributed by atoms with E-state index in [4.69, 9.17) is 14.6 Å². The van der Waals surface area contributed by atoms with Crippen LogP contribution in [-0.2, 0) is 4.74 Å². The fourth-order valence-corrected chi connectivity index (χ4v) is 3.12. The van der Waals surface area contributed by atoms with Gasteiger partial charge in [0.25, 0.3) is 0 Å². The van der Waals surface area contributed by atoms with Crippen LogP contribution in [0.4, 0.5) is 13.2 Å². The fraction of sp³-hybridized carbons (Fsp3) is 0.421. The van der Waals surface area contributed by atoms with Gasteiger partial charge in [0.15, 0.2) is 5.69 Å². The molecule has 0 saturated carbocycles. The van der Waals surface area contributed by atoms with Gasteiger partial charge in [-0.1, -0.05) is 12.1 Å². The minimum Gasteiger partial charge on any atom is -0.476 e. The van der Waals surface area contributed by atoms with E-state index in [1.807, 2.05) is 0 Å². The summed E-state index contributed by atoms with van der Waals surface area (Å²) in [5.41, 5.74) is 0.946. The lowest BCUT2D eigenvalue weighted by Crippen LogP contribution is -2.28. The maximum absolute atomic E-state index is 12.3. The molecular weight excluding hydrogens is 393 g/mol. The largest absolute Gasteiger partial charge is 0.573 e. The maximum Gasteiger partial charge on any atom is 0.573 e. The second kappa shape index (κ2) is 8.64. The number of halogens is 3. The Morgan fingerprint density at radius 2 is 1.97 bits per heavy atom. The van der Waals surface area contributed by atoms with E-state index < -0.39 is 12.3 Å². The van der Waals surface area contributed by atoms with Crippen molar-refractivity contribution in [1.29, 1.82) is 0 Å². The number of rotatable bonds is 6.